The summed E-state index contributed by atoms with van der Waals surface area (Å²) < 4.78 is 27.3. The van der Waals surface area contributed by atoms with E-state index < -0.39 is 35.9 Å². The molecule has 2 heterocycles. The van der Waals surface area contributed by atoms with Crippen molar-refractivity contribution in [1.82, 2.24) is 4.90 Å². The van der Waals surface area contributed by atoms with Crippen LogP contribution in [0.4, 0.5) is 0 Å². The molecule has 2 fully saturated rings. The van der Waals surface area contributed by atoms with Gasteiger partial charge >= 0.3 is 5.97 Å². The van der Waals surface area contributed by atoms with Gasteiger partial charge in [-0.3, -0.25) is 4.79 Å². The SMILES string of the molecule is CC1(C)[C@H](C(=O)OCCl)N2C(=O)[C@H](I)[C@H]2S1(=O)=O. The molecule has 2 rings (SSSR count). The Hall–Kier alpha value is -0.0900. The summed E-state index contributed by atoms with van der Waals surface area (Å²) in [5.41, 5.74) is 0. The zero-order chi connectivity index (χ0) is 13.9. The lowest BCUT2D eigenvalue weighted by atomic mass is 9.98. The summed E-state index contributed by atoms with van der Waals surface area (Å²) in [6.07, 6.45) is 0. The monoisotopic (exact) mass is 407 g/mol. The standard InChI is InChI=1S/C9H11ClINO5S/c1-9(2)5(8(14)17-3-10)12-6(13)4(11)7(12)18(9,15)16/h4-5,7H,3H2,1-2H3/t4-,5-,7+/m0/s1. The van der Waals surface area contributed by atoms with E-state index in [0.717, 1.165) is 4.90 Å². The third kappa shape index (κ3) is 1.54. The van der Waals surface area contributed by atoms with Gasteiger partial charge in [-0.2, -0.15) is 0 Å². The predicted molar refractivity (Wildman–Crippen MR) is 72.0 cm³/mol. The normalized spacial score (nSPS) is 35.9. The van der Waals surface area contributed by atoms with Crippen LogP contribution in [0.25, 0.3) is 0 Å². The number of esters is 1. The molecule has 9 heteroatoms. The number of sulfone groups is 1. The highest BCUT2D eigenvalue weighted by Gasteiger charge is 2.71. The number of fused-ring (bicyclic) bond motifs is 1. The number of carbonyl (C=O) groups is 2. The van der Waals surface area contributed by atoms with Gasteiger partial charge in [0.2, 0.25) is 5.91 Å². The van der Waals surface area contributed by atoms with Gasteiger partial charge in [-0.1, -0.05) is 34.2 Å². The van der Waals surface area contributed by atoms with Crippen molar-refractivity contribution >= 4 is 55.9 Å². The number of amides is 1. The lowest BCUT2D eigenvalue weighted by molar-refractivity contribution is -0.159. The fourth-order valence-electron chi connectivity index (χ4n) is 2.36. The molecule has 0 radical (unpaired) electrons. The second-order valence-electron chi connectivity index (χ2n) is 4.66. The van der Waals surface area contributed by atoms with Crippen LogP contribution >= 0.6 is 34.2 Å². The molecule has 0 N–H and O–H groups in total. The molecule has 0 aromatic rings. The van der Waals surface area contributed by atoms with E-state index in [2.05, 4.69) is 4.74 Å². The number of carbonyl (C=O) groups excluding carboxylic acids is 2. The van der Waals surface area contributed by atoms with Gasteiger partial charge in [-0.25, -0.2) is 13.2 Å². The number of halogens is 2. The number of hydrogen-bond acceptors (Lipinski definition) is 5. The number of rotatable bonds is 2. The van der Waals surface area contributed by atoms with Gasteiger partial charge in [0, 0.05) is 0 Å². The maximum absolute atomic E-state index is 12.3. The molecule has 0 bridgehead atoms. The molecule has 2 aliphatic heterocycles. The van der Waals surface area contributed by atoms with Crippen molar-refractivity contribution < 1.29 is 22.7 Å². The molecular formula is C9H11ClINO5S. The molecule has 6 nitrogen and oxygen atoms in total. The molecule has 3 atom stereocenters. The lowest BCUT2D eigenvalue weighted by Crippen LogP contribution is -2.64. The highest BCUT2D eigenvalue weighted by atomic mass is 127. The van der Waals surface area contributed by atoms with Crippen LogP contribution in [0, 0.1) is 0 Å². The summed E-state index contributed by atoms with van der Waals surface area (Å²) in [4.78, 5) is 24.7. The Kier molecular flexibility index (Phi) is 3.34. The van der Waals surface area contributed by atoms with Crippen LogP contribution in [-0.4, -0.2) is 51.3 Å². The van der Waals surface area contributed by atoms with Gasteiger partial charge in [0.25, 0.3) is 0 Å². The maximum atomic E-state index is 12.3. The first kappa shape index (κ1) is 14.3. The van der Waals surface area contributed by atoms with E-state index in [-0.39, 0.29) is 12.0 Å². The molecule has 2 saturated heterocycles. The van der Waals surface area contributed by atoms with Crippen LogP contribution in [0.5, 0.6) is 0 Å². The van der Waals surface area contributed by atoms with Crippen LogP contribution in [-0.2, 0) is 24.2 Å². The summed E-state index contributed by atoms with van der Waals surface area (Å²) in [5, 5.41) is -0.937. The Labute approximate surface area is 123 Å². The van der Waals surface area contributed by atoms with Crippen molar-refractivity contribution in [3.8, 4) is 0 Å². The Morgan fingerprint density at radius 3 is 2.61 bits per heavy atom. The Balaban J connectivity index is 2.48. The zero-order valence-corrected chi connectivity index (χ0v) is 13.3. The van der Waals surface area contributed by atoms with Gasteiger partial charge in [0.1, 0.15) is 14.7 Å². The van der Waals surface area contributed by atoms with E-state index in [1.165, 1.54) is 13.8 Å². The van der Waals surface area contributed by atoms with Gasteiger partial charge in [-0.05, 0) is 13.8 Å². The van der Waals surface area contributed by atoms with Gasteiger partial charge < -0.3 is 9.64 Å². The number of β-lactam (4-membered cyclic amide) rings is 1. The van der Waals surface area contributed by atoms with E-state index in [1.54, 1.807) is 22.6 Å². The van der Waals surface area contributed by atoms with Gasteiger partial charge in [0.15, 0.2) is 21.3 Å². The third-order valence-corrected chi connectivity index (χ3v) is 8.06. The Morgan fingerprint density at radius 1 is 1.56 bits per heavy atom. The summed E-state index contributed by atoms with van der Waals surface area (Å²) in [5.74, 6) is -1.14. The maximum Gasteiger partial charge on any atom is 0.331 e. The molecule has 0 unspecified atom stereocenters. The number of alkyl halides is 2. The molecule has 0 spiro atoms. The molecule has 2 aliphatic rings. The fraction of sp³-hybridized carbons (Fsp3) is 0.778. The van der Waals surface area contributed by atoms with Crippen molar-refractivity contribution in [3.05, 3.63) is 0 Å². The predicted octanol–water partition coefficient (Wildman–Crippen LogP) is 0.273. The van der Waals surface area contributed by atoms with Gasteiger partial charge in [0.05, 0.1) is 0 Å². The molecule has 0 aromatic carbocycles. The van der Waals surface area contributed by atoms with Crippen molar-refractivity contribution in [2.45, 2.75) is 33.9 Å². The van der Waals surface area contributed by atoms with Crippen molar-refractivity contribution in [2.24, 2.45) is 0 Å². The van der Waals surface area contributed by atoms with E-state index in [0.29, 0.717) is 0 Å². The minimum atomic E-state index is -3.61. The minimum Gasteiger partial charge on any atom is -0.448 e. The summed E-state index contributed by atoms with van der Waals surface area (Å²) >= 11 is 7.09. The third-order valence-electron chi connectivity index (χ3n) is 3.42. The second-order valence-corrected chi connectivity index (χ2v) is 8.85. The molecule has 102 valence electrons. The fourth-order valence-corrected chi connectivity index (χ4v) is 6.40. The average Bonchev–Trinajstić information content (AvgIpc) is 2.41. The van der Waals surface area contributed by atoms with E-state index >= 15 is 0 Å². The first-order valence-electron chi connectivity index (χ1n) is 5.10. The summed E-state index contributed by atoms with van der Waals surface area (Å²) in [6.45, 7) is 2.86. The van der Waals surface area contributed by atoms with Gasteiger partial charge in [-0.15, -0.1) is 0 Å². The van der Waals surface area contributed by atoms with E-state index in [9.17, 15) is 18.0 Å². The van der Waals surface area contributed by atoms with Crippen LogP contribution < -0.4 is 0 Å². The molecule has 0 saturated carbocycles. The van der Waals surface area contributed by atoms with Crippen LogP contribution in [0.3, 0.4) is 0 Å². The molecule has 0 aliphatic carbocycles. The lowest BCUT2D eigenvalue weighted by Gasteiger charge is -2.40. The van der Waals surface area contributed by atoms with Crippen molar-refractivity contribution in [3.63, 3.8) is 0 Å². The minimum absolute atomic E-state index is 0.355. The van der Waals surface area contributed by atoms with Crippen molar-refractivity contribution in [1.29, 1.82) is 0 Å². The molecule has 0 aromatic heterocycles. The van der Waals surface area contributed by atoms with Crippen LogP contribution in [0.15, 0.2) is 0 Å². The quantitative estimate of drug-likeness (QED) is 0.284. The largest absolute Gasteiger partial charge is 0.448 e. The summed E-state index contributed by atoms with van der Waals surface area (Å²) in [7, 11) is -3.61. The summed E-state index contributed by atoms with van der Waals surface area (Å²) in [6, 6.07) is -1.49. The first-order chi connectivity index (χ1) is 8.17. The van der Waals surface area contributed by atoms with E-state index in [1.807, 2.05) is 0 Å². The second kappa shape index (κ2) is 4.20. The van der Waals surface area contributed by atoms with Crippen molar-refractivity contribution in [2.75, 3.05) is 6.07 Å². The smallest absolute Gasteiger partial charge is 0.331 e. The Bertz CT molecular complexity index is 519. The number of nitrogens with zero attached hydrogens (tertiary/aromatic N) is 1. The first-order valence-corrected chi connectivity index (χ1v) is 8.43. The number of hydrogen-bond donors (Lipinski definition) is 0. The highest BCUT2D eigenvalue weighted by Crippen LogP contribution is 2.48. The molecule has 1 amide bonds. The molecule has 18 heavy (non-hydrogen) atoms. The molecular weight excluding hydrogens is 397 g/mol. The Morgan fingerprint density at radius 2 is 2.11 bits per heavy atom. The van der Waals surface area contributed by atoms with Crippen LogP contribution in [0.1, 0.15) is 13.8 Å². The number of ether oxygens (including phenoxy) is 1. The van der Waals surface area contributed by atoms with Crippen LogP contribution in [0.2, 0.25) is 0 Å². The van der Waals surface area contributed by atoms with E-state index in [4.69, 9.17) is 11.6 Å². The zero-order valence-electron chi connectivity index (χ0n) is 9.59. The highest BCUT2D eigenvalue weighted by molar-refractivity contribution is 14.1. The topological polar surface area (TPSA) is 80.8 Å². The average molecular weight is 408 g/mol.